The smallest absolute Gasteiger partial charge is 0.123 e. The third kappa shape index (κ3) is 4.82. The van der Waals surface area contributed by atoms with E-state index in [1.54, 1.807) is 0 Å². The molecule has 0 aliphatic rings. The van der Waals surface area contributed by atoms with Crippen molar-refractivity contribution in [3.63, 3.8) is 0 Å². The second-order valence-corrected chi connectivity index (χ2v) is 6.47. The van der Waals surface area contributed by atoms with Crippen LogP contribution in [-0.4, -0.2) is 30.1 Å². The van der Waals surface area contributed by atoms with Crippen LogP contribution in [0.15, 0.2) is 18.2 Å². The van der Waals surface area contributed by atoms with Crippen LogP contribution in [-0.2, 0) is 0 Å². The molecule has 1 rings (SSSR count). The summed E-state index contributed by atoms with van der Waals surface area (Å²) >= 11 is 0. The summed E-state index contributed by atoms with van der Waals surface area (Å²) in [6.07, 6.45) is 0. The Balaban J connectivity index is 2.67. The topological polar surface area (TPSA) is 12.5 Å². The Bertz CT molecular complexity index is 402. The molecule has 0 radical (unpaired) electrons. The predicted octanol–water partition coefficient (Wildman–Crippen LogP) is 4.62. The van der Waals surface area contributed by atoms with Gasteiger partial charge in [0.1, 0.15) is 12.4 Å². The minimum absolute atomic E-state index is 0.497. The predicted molar refractivity (Wildman–Crippen MR) is 87.7 cm³/mol. The van der Waals surface area contributed by atoms with Crippen molar-refractivity contribution >= 4 is 0 Å². The van der Waals surface area contributed by atoms with E-state index in [1.807, 2.05) is 0 Å². The van der Waals surface area contributed by atoms with Crippen LogP contribution in [0.4, 0.5) is 0 Å². The molecule has 0 atom stereocenters. The molecule has 0 saturated heterocycles. The van der Waals surface area contributed by atoms with Crippen LogP contribution in [0.5, 0.6) is 5.75 Å². The fourth-order valence-electron chi connectivity index (χ4n) is 2.62. The Hall–Kier alpha value is -1.02. The molecule has 2 nitrogen and oxygen atoms in total. The molecule has 0 heterocycles. The van der Waals surface area contributed by atoms with Gasteiger partial charge in [0.25, 0.3) is 0 Å². The van der Waals surface area contributed by atoms with E-state index in [4.69, 9.17) is 4.74 Å². The first-order chi connectivity index (χ1) is 9.32. The highest BCUT2D eigenvalue weighted by Crippen LogP contribution is 2.27. The van der Waals surface area contributed by atoms with Gasteiger partial charge in [-0.2, -0.15) is 0 Å². The SMILES string of the molecule is Cc1ccc(C(C)C)c(OCCN(C(C)C)C(C)C)c1. The molecule has 0 spiro atoms. The van der Waals surface area contributed by atoms with Crippen LogP contribution < -0.4 is 4.74 Å². The maximum absolute atomic E-state index is 6.07. The van der Waals surface area contributed by atoms with Gasteiger partial charge in [-0.05, 0) is 57.7 Å². The molecule has 0 saturated carbocycles. The summed E-state index contributed by atoms with van der Waals surface area (Å²) in [5, 5.41) is 0. The van der Waals surface area contributed by atoms with Crippen LogP contribution in [0.3, 0.4) is 0 Å². The summed E-state index contributed by atoms with van der Waals surface area (Å²) in [5.41, 5.74) is 2.56. The Morgan fingerprint density at radius 2 is 1.60 bits per heavy atom. The van der Waals surface area contributed by atoms with Crippen molar-refractivity contribution in [3.05, 3.63) is 29.3 Å². The summed E-state index contributed by atoms with van der Waals surface area (Å²) in [6.45, 7) is 17.2. The van der Waals surface area contributed by atoms with E-state index in [1.165, 1.54) is 11.1 Å². The Morgan fingerprint density at radius 1 is 1.00 bits per heavy atom. The highest BCUT2D eigenvalue weighted by atomic mass is 16.5. The quantitative estimate of drug-likeness (QED) is 0.721. The van der Waals surface area contributed by atoms with Crippen molar-refractivity contribution in [2.45, 2.75) is 66.5 Å². The number of nitrogens with zero attached hydrogens (tertiary/aromatic N) is 1. The molecule has 1 aromatic carbocycles. The zero-order valence-corrected chi connectivity index (χ0v) is 14.2. The molecular weight excluding hydrogens is 246 g/mol. The Kier molecular flexibility index (Phi) is 6.54. The number of ether oxygens (including phenoxy) is 1. The van der Waals surface area contributed by atoms with E-state index < -0.39 is 0 Å². The molecule has 0 N–H and O–H groups in total. The van der Waals surface area contributed by atoms with Crippen LogP contribution in [0.25, 0.3) is 0 Å². The number of hydrogen-bond acceptors (Lipinski definition) is 2. The first kappa shape index (κ1) is 17.0. The van der Waals surface area contributed by atoms with Gasteiger partial charge in [0.05, 0.1) is 0 Å². The maximum atomic E-state index is 6.07. The van der Waals surface area contributed by atoms with Crippen molar-refractivity contribution < 1.29 is 4.74 Å². The van der Waals surface area contributed by atoms with Crippen molar-refractivity contribution in [2.24, 2.45) is 0 Å². The lowest BCUT2D eigenvalue weighted by Crippen LogP contribution is -2.39. The molecule has 0 unspecified atom stereocenters. The summed E-state index contributed by atoms with van der Waals surface area (Å²) in [7, 11) is 0. The zero-order chi connectivity index (χ0) is 15.3. The highest BCUT2D eigenvalue weighted by Gasteiger charge is 2.14. The second kappa shape index (κ2) is 7.68. The molecule has 0 amide bonds. The van der Waals surface area contributed by atoms with E-state index in [9.17, 15) is 0 Å². The molecule has 0 aromatic heterocycles. The minimum atomic E-state index is 0.497. The summed E-state index contributed by atoms with van der Waals surface area (Å²) < 4.78 is 6.07. The largest absolute Gasteiger partial charge is 0.492 e. The van der Waals surface area contributed by atoms with Gasteiger partial charge in [0, 0.05) is 18.6 Å². The minimum Gasteiger partial charge on any atom is -0.492 e. The van der Waals surface area contributed by atoms with Gasteiger partial charge < -0.3 is 4.74 Å². The third-order valence-corrected chi connectivity index (χ3v) is 3.72. The van der Waals surface area contributed by atoms with Crippen LogP contribution in [0.1, 0.15) is 58.6 Å². The van der Waals surface area contributed by atoms with Gasteiger partial charge >= 0.3 is 0 Å². The van der Waals surface area contributed by atoms with Crippen molar-refractivity contribution in [2.75, 3.05) is 13.2 Å². The van der Waals surface area contributed by atoms with Gasteiger partial charge in [-0.25, -0.2) is 0 Å². The molecule has 20 heavy (non-hydrogen) atoms. The zero-order valence-electron chi connectivity index (χ0n) is 14.2. The first-order valence-electron chi connectivity index (χ1n) is 7.82. The summed E-state index contributed by atoms with van der Waals surface area (Å²) in [5.74, 6) is 1.55. The highest BCUT2D eigenvalue weighted by molar-refractivity contribution is 5.39. The second-order valence-electron chi connectivity index (χ2n) is 6.47. The molecule has 114 valence electrons. The van der Waals surface area contributed by atoms with Crippen LogP contribution in [0, 0.1) is 6.92 Å². The van der Waals surface area contributed by atoms with Gasteiger partial charge in [0.15, 0.2) is 0 Å². The molecule has 0 fully saturated rings. The fraction of sp³-hybridized carbons (Fsp3) is 0.667. The number of hydrogen-bond donors (Lipinski definition) is 0. The first-order valence-corrected chi connectivity index (χ1v) is 7.82. The third-order valence-electron chi connectivity index (χ3n) is 3.72. The van der Waals surface area contributed by atoms with E-state index in [0.29, 0.717) is 18.0 Å². The maximum Gasteiger partial charge on any atom is 0.123 e. The summed E-state index contributed by atoms with van der Waals surface area (Å²) in [6, 6.07) is 7.63. The van der Waals surface area contributed by atoms with E-state index in [2.05, 4.69) is 71.6 Å². The van der Waals surface area contributed by atoms with E-state index in [-0.39, 0.29) is 0 Å². The lowest BCUT2D eigenvalue weighted by atomic mass is 10.0. The molecule has 1 aromatic rings. The molecule has 2 heteroatoms. The molecule has 0 aliphatic heterocycles. The van der Waals surface area contributed by atoms with Gasteiger partial charge in [-0.1, -0.05) is 26.0 Å². The Labute approximate surface area is 125 Å². The lowest BCUT2D eigenvalue weighted by molar-refractivity contribution is 0.141. The normalized spacial score (nSPS) is 11.9. The molecule has 0 aliphatic carbocycles. The Morgan fingerprint density at radius 3 is 2.10 bits per heavy atom. The average molecular weight is 277 g/mol. The van der Waals surface area contributed by atoms with Gasteiger partial charge in [-0.3, -0.25) is 4.90 Å². The summed E-state index contributed by atoms with van der Waals surface area (Å²) in [4.78, 5) is 2.46. The van der Waals surface area contributed by atoms with E-state index in [0.717, 1.165) is 18.9 Å². The van der Waals surface area contributed by atoms with Crippen LogP contribution >= 0.6 is 0 Å². The monoisotopic (exact) mass is 277 g/mol. The number of rotatable bonds is 7. The number of benzene rings is 1. The fourth-order valence-corrected chi connectivity index (χ4v) is 2.62. The van der Waals surface area contributed by atoms with Crippen molar-refractivity contribution in [3.8, 4) is 5.75 Å². The average Bonchev–Trinajstić information content (AvgIpc) is 2.33. The lowest BCUT2D eigenvalue weighted by Gasteiger charge is -2.30. The van der Waals surface area contributed by atoms with E-state index >= 15 is 0 Å². The molecule has 0 bridgehead atoms. The standard InChI is InChI=1S/C18H31NO/c1-13(2)17-9-8-16(7)12-18(17)20-11-10-19(14(3)4)15(5)6/h8-9,12-15H,10-11H2,1-7H3. The van der Waals surface area contributed by atoms with Crippen LogP contribution in [0.2, 0.25) is 0 Å². The number of aryl methyl sites for hydroxylation is 1. The van der Waals surface area contributed by atoms with Gasteiger partial charge in [-0.15, -0.1) is 0 Å². The molecular formula is C18H31NO. The van der Waals surface area contributed by atoms with Crippen molar-refractivity contribution in [1.29, 1.82) is 0 Å². The van der Waals surface area contributed by atoms with Gasteiger partial charge in [0.2, 0.25) is 0 Å². The van der Waals surface area contributed by atoms with Crippen molar-refractivity contribution in [1.82, 2.24) is 4.90 Å².